The normalized spacial score (nSPS) is 18.2. The van der Waals surface area contributed by atoms with Gasteiger partial charge in [-0.05, 0) is 54.4 Å². The van der Waals surface area contributed by atoms with Crippen molar-refractivity contribution in [2.24, 2.45) is 0 Å². The van der Waals surface area contributed by atoms with Gasteiger partial charge in [0.05, 0.1) is 35.9 Å². The summed E-state index contributed by atoms with van der Waals surface area (Å²) in [6.07, 6.45) is -8.78. The van der Waals surface area contributed by atoms with Crippen molar-refractivity contribution < 1.29 is 40.3 Å². The van der Waals surface area contributed by atoms with Crippen LogP contribution in [-0.2, 0) is 23.7 Å². The molecule has 0 saturated heterocycles. The van der Waals surface area contributed by atoms with Gasteiger partial charge in [0, 0.05) is 12.6 Å². The summed E-state index contributed by atoms with van der Waals surface area (Å²) in [6, 6.07) is 7.51. The van der Waals surface area contributed by atoms with Crippen LogP contribution < -0.4 is 5.32 Å². The molecule has 0 spiro atoms. The first kappa shape index (κ1) is 25.3. The van der Waals surface area contributed by atoms with Gasteiger partial charge in [-0.1, -0.05) is 17.7 Å². The highest BCUT2D eigenvalue weighted by atomic mass is 19.4. The highest BCUT2D eigenvalue weighted by Crippen LogP contribution is 2.45. The molecule has 4 rings (SSSR count). The van der Waals surface area contributed by atoms with Crippen LogP contribution in [0.2, 0.25) is 0 Å². The van der Waals surface area contributed by atoms with Crippen LogP contribution in [-0.4, -0.2) is 23.8 Å². The average Bonchev–Trinajstić information content (AvgIpc) is 3.32. The van der Waals surface area contributed by atoms with Crippen LogP contribution in [0.25, 0.3) is 0 Å². The van der Waals surface area contributed by atoms with Gasteiger partial charge in [-0.3, -0.25) is 9.59 Å². The number of hydrogen-bond acceptors (Lipinski definition) is 3. The number of rotatable bonds is 4. The monoisotopic (exact) mass is 510 g/mol. The van der Waals surface area contributed by atoms with Gasteiger partial charge in [0.15, 0.2) is 0 Å². The number of nitrogens with zero attached hydrogens (tertiary/aromatic N) is 1. The van der Waals surface area contributed by atoms with Crippen molar-refractivity contribution in [2.45, 2.75) is 37.8 Å². The minimum atomic E-state index is -5.08. The number of hydrogen-bond donors (Lipinski definition) is 1. The van der Waals surface area contributed by atoms with Crippen LogP contribution in [0.1, 0.15) is 55.9 Å². The van der Waals surface area contributed by atoms with E-state index in [2.05, 4.69) is 5.32 Å². The van der Waals surface area contributed by atoms with Crippen molar-refractivity contribution in [3.8, 4) is 0 Å². The van der Waals surface area contributed by atoms with Gasteiger partial charge in [-0.2, -0.15) is 26.3 Å². The van der Waals surface area contributed by atoms with Gasteiger partial charge in [0.1, 0.15) is 5.76 Å². The summed E-state index contributed by atoms with van der Waals surface area (Å²) in [5.41, 5.74) is -2.47. The molecule has 11 heteroatoms. The summed E-state index contributed by atoms with van der Waals surface area (Å²) in [5, 5.41) is 2.62. The summed E-state index contributed by atoms with van der Waals surface area (Å²) in [5.74, 6) is -2.21. The largest absolute Gasteiger partial charge is 0.467 e. The summed E-state index contributed by atoms with van der Waals surface area (Å²) in [6.45, 7) is 1.65. The van der Waals surface area contributed by atoms with E-state index < -0.39 is 52.8 Å². The lowest BCUT2D eigenvalue weighted by Gasteiger charge is -2.40. The maximum absolute atomic E-state index is 13.6. The smallest absolute Gasteiger partial charge is 0.416 e. The number of nitrogens with one attached hydrogen (secondary N) is 1. The summed E-state index contributed by atoms with van der Waals surface area (Å²) >= 11 is 0. The highest BCUT2D eigenvalue weighted by Gasteiger charge is 2.45. The summed E-state index contributed by atoms with van der Waals surface area (Å²) in [4.78, 5) is 27.6. The number of halogens is 6. The Morgan fingerprint density at radius 1 is 1.00 bits per heavy atom. The Labute approximate surface area is 201 Å². The molecule has 2 aromatic carbocycles. The Bertz CT molecular complexity index is 1270. The predicted molar refractivity (Wildman–Crippen MR) is 116 cm³/mol. The van der Waals surface area contributed by atoms with Crippen LogP contribution in [0.5, 0.6) is 0 Å². The quantitative estimate of drug-likeness (QED) is 0.448. The first-order chi connectivity index (χ1) is 16.8. The van der Waals surface area contributed by atoms with Crippen LogP contribution >= 0.6 is 0 Å². The van der Waals surface area contributed by atoms with Crippen molar-refractivity contribution in [3.05, 3.63) is 93.9 Å². The average molecular weight is 510 g/mol. The maximum Gasteiger partial charge on any atom is 0.416 e. The lowest BCUT2D eigenvalue weighted by atomic mass is 9.78. The number of aryl methyl sites for hydroxylation is 1. The highest BCUT2D eigenvalue weighted by molar-refractivity contribution is 6.01. The van der Waals surface area contributed by atoms with Gasteiger partial charge >= 0.3 is 12.4 Å². The lowest BCUT2D eigenvalue weighted by molar-refractivity contribution is -0.143. The number of carbonyl (C=O) groups excluding carboxylic acids is 2. The molecule has 1 aliphatic heterocycles. The van der Waals surface area contributed by atoms with E-state index in [9.17, 15) is 35.9 Å². The van der Waals surface area contributed by atoms with Gasteiger partial charge in [0.25, 0.3) is 5.91 Å². The topological polar surface area (TPSA) is 62.6 Å². The Kier molecular flexibility index (Phi) is 6.36. The number of alkyl halides is 6. The van der Waals surface area contributed by atoms with Crippen molar-refractivity contribution in [1.82, 2.24) is 10.2 Å². The number of benzene rings is 2. The van der Waals surface area contributed by atoms with Crippen LogP contribution in [0, 0.1) is 6.92 Å². The van der Waals surface area contributed by atoms with Crippen molar-refractivity contribution in [3.63, 3.8) is 0 Å². The fraction of sp³-hybridized carbons (Fsp3) is 0.280. The van der Waals surface area contributed by atoms with E-state index in [1.54, 1.807) is 25.1 Å². The lowest BCUT2D eigenvalue weighted by Crippen LogP contribution is -2.45. The molecule has 1 N–H and O–H groups in total. The van der Waals surface area contributed by atoms with Crippen LogP contribution in [0.3, 0.4) is 0 Å². The molecule has 2 unspecified atom stereocenters. The van der Waals surface area contributed by atoms with Crippen LogP contribution in [0.4, 0.5) is 26.3 Å². The number of furan rings is 1. The molecule has 3 aromatic rings. The third kappa shape index (κ3) is 4.82. The third-order valence-corrected chi connectivity index (χ3v) is 6.08. The predicted octanol–water partition coefficient (Wildman–Crippen LogP) is 5.85. The zero-order chi connectivity index (χ0) is 26.4. The maximum atomic E-state index is 13.6. The minimum Gasteiger partial charge on any atom is -0.467 e. The van der Waals surface area contributed by atoms with E-state index in [1.807, 2.05) is 0 Å². The number of likely N-dealkylation sites (N-methyl/N-ethyl adjacent to an activating group) is 1. The molecule has 2 heterocycles. The van der Waals surface area contributed by atoms with E-state index in [0.717, 1.165) is 4.90 Å². The number of amides is 2. The molecule has 0 fully saturated rings. The van der Waals surface area contributed by atoms with E-state index >= 15 is 0 Å². The summed E-state index contributed by atoms with van der Waals surface area (Å²) in [7, 11) is 1.25. The molecule has 2 atom stereocenters. The molecule has 0 aliphatic carbocycles. The molecule has 5 nitrogen and oxygen atoms in total. The third-order valence-electron chi connectivity index (χ3n) is 6.08. The second kappa shape index (κ2) is 9.03. The first-order valence-electron chi connectivity index (χ1n) is 10.7. The fourth-order valence-electron chi connectivity index (χ4n) is 4.38. The minimum absolute atomic E-state index is 0.0113. The van der Waals surface area contributed by atoms with Crippen molar-refractivity contribution >= 4 is 11.8 Å². The SMILES string of the molecule is Cc1ccc2c(c1)C(=O)N(C)C(c1cc(C(F)(F)F)cc(C(F)(F)F)c1)C2C(=O)NCc1ccco1. The van der Waals surface area contributed by atoms with Gasteiger partial charge < -0.3 is 14.6 Å². The van der Waals surface area contributed by atoms with E-state index in [0.29, 0.717) is 23.5 Å². The molecule has 0 bridgehead atoms. The Morgan fingerprint density at radius 2 is 1.64 bits per heavy atom. The van der Waals surface area contributed by atoms with Gasteiger partial charge in [0.2, 0.25) is 5.91 Å². The second-order valence-corrected chi connectivity index (χ2v) is 8.57. The molecule has 0 radical (unpaired) electrons. The zero-order valence-corrected chi connectivity index (χ0v) is 19.0. The molecule has 0 saturated carbocycles. The number of carbonyl (C=O) groups is 2. The van der Waals surface area contributed by atoms with Gasteiger partial charge in [-0.25, -0.2) is 0 Å². The van der Waals surface area contributed by atoms with Crippen molar-refractivity contribution in [2.75, 3.05) is 7.05 Å². The molecule has 1 aliphatic rings. The molecule has 190 valence electrons. The fourth-order valence-corrected chi connectivity index (χ4v) is 4.38. The van der Waals surface area contributed by atoms with E-state index in [1.165, 1.54) is 25.4 Å². The Morgan fingerprint density at radius 3 is 2.19 bits per heavy atom. The molecular weight excluding hydrogens is 490 g/mol. The van der Waals surface area contributed by atoms with E-state index in [4.69, 9.17) is 4.42 Å². The second-order valence-electron chi connectivity index (χ2n) is 8.57. The Hall–Kier alpha value is -3.76. The zero-order valence-electron chi connectivity index (χ0n) is 19.0. The molecule has 36 heavy (non-hydrogen) atoms. The first-order valence-corrected chi connectivity index (χ1v) is 10.7. The Balaban J connectivity index is 1.88. The molecular formula is C25H20F6N2O3. The number of fused-ring (bicyclic) bond motifs is 1. The molecule has 1 aromatic heterocycles. The summed E-state index contributed by atoms with van der Waals surface area (Å²) < 4.78 is 86.5. The molecule has 2 amide bonds. The van der Waals surface area contributed by atoms with E-state index in [-0.39, 0.29) is 23.7 Å². The standard InChI is InChI=1S/C25H20F6N2O3/c1-13-5-6-18-19(8-13)23(35)33(2)21(20(18)22(34)32-12-17-4-3-7-36-17)14-9-15(24(26,27)28)11-16(10-14)25(29,30)31/h3-11,20-21H,12H2,1-2H3,(H,32,34). The van der Waals surface area contributed by atoms with Crippen LogP contribution in [0.15, 0.2) is 59.2 Å². The van der Waals surface area contributed by atoms with Gasteiger partial charge in [-0.15, -0.1) is 0 Å². The van der Waals surface area contributed by atoms with Crippen molar-refractivity contribution in [1.29, 1.82) is 0 Å².